The van der Waals surface area contributed by atoms with E-state index in [-0.39, 0.29) is 17.4 Å². The van der Waals surface area contributed by atoms with Crippen molar-refractivity contribution in [2.45, 2.75) is 25.2 Å². The molecule has 2 N–H and O–H groups in total. The zero-order valence-corrected chi connectivity index (χ0v) is 15.3. The van der Waals surface area contributed by atoms with Crippen LogP contribution in [0.15, 0.2) is 47.4 Å². The standard InChI is InChI=1S/C18H22N2O4S/c1-4-14-7-5-6-8-16(14)24-12-18(21)20-15-10-9-13(2)17(11-15)25(22,23)19-3/h5-11,19H,4,12H2,1-3H3,(H,20,21). The van der Waals surface area contributed by atoms with Gasteiger partial charge in [0.05, 0.1) is 4.90 Å². The minimum Gasteiger partial charge on any atom is -0.483 e. The lowest BCUT2D eigenvalue weighted by atomic mass is 10.1. The van der Waals surface area contributed by atoms with E-state index in [1.165, 1.54) is 13.1 Å². The van der Waals surface area contributed by atoms with E-state index in [9.17, 15) is 13.2 Å². The monoisotopic (exact) mass is 362 g/mol. The van der Waals surface area contributed by atoms with Gasteiger partial charge in [-0.1, -0.05) is 31.2 Å². The Hall–Kier alpha value is -2.38. The lowest BCUT2D eigenvalue weighted by Crippen LogP contribution is -2.22. The van der Waals surface area contributed by atoms with Crippen molar-refractivity contribution < 1.29 is 17.9 Å². The van der Waals surface area contributed by atoms with Crippen LogP contribution in [0.5, 0.6) is 5.75 Å². The van der Waals surface area contributed by atoms with Gasteiger partial charge in [0.15, 0.2) is 6.61 Å². The maximum atomic E-state index is 12.1. The number of carbonyl (C=O) groups is 1. The first kappa shape index (κ1) is 19.0. The molecule has 0 aliphatic heterocycles. The maximum Gasteiger partial charge on any atom is 0.262 e. The van der Waals surface area contributed by atoms with E-state index in [0.29, 0.717) is 17.0 Å². The number of rotatable bonds is 7. The molecule has 0 atom stereocenters. The third-order valence-electron chi connectivity index (χ3n) is 3.74. The van der Waals surface area contributed by atoms with Gasteiger partial charge in [0.25, 0.3) is 5.91 Å². The number of hydrogen-bond donors (Lipinski definition) is 2. The smallest absolute Gasteiger partial charge is 0.262 e. The van der Waals surface area contributed by atoms with Gasteiger partial charge >= 0.3 is 0 Å². The molecule has 0 fully saturated rings. The molecule has 0 unspecified atom stereocenters. The van der Waals surface area contributed by atoms with E-state index in [0.717, 1.165) is 12.0 Å². The number of amides is 1. The van der Waals surface area contributed by atoms with E-state index in [2.05, 4.69) is 10.0 Å². The van der Waals surface area contributed by atoms with Gasteiger partial charge in [0.1, 0.15) is 5.75 Å². The van der Waals surface area contributed by atoms with Crippen molar-refractivity contribution in [1.82, 2.24) is 4.72 Å². The molecule has 6 nitrogen and oxygen atoms in total. The number of sulfonamides is 1. The van der Waals surface area contributed by atoms with Crippen LogP contribution in [0.1, 0.15) is 18.1 Å². The molecule has 2 aromatic carbocycles. The summed E-state index contributed by atoms with van der Waals surface area (Å²) in [7, 11) is -2.24. The van der Waals surface area contributed by atoms with E-state index in [1.807, 2.05) is 31.2 Å². The number of ether oxygens (including phenoxy) is 1. The predicted octanol–water partition coefficient (Wildman–Crippen LogP) is 2.48. The van der Waals surface area contributed by atoms with Gasteiger partial charge in [-0.15, -0.1) is 0 Å². The quantitative estimate of drug-likeness (QED) is 0.792. The average molecular weight is 362 g/mol. The van der Waals surface area contributed by atoms with E-state index < -0.39 is 10.0 Å². The Balaban J connectivity index is 2.07. The second kappa shape index (κ2) is 8.13. The van der Waals surface area contributed by atoms with Gasteiger partial charge in [0, 0.05) is 5.69 Å². The number of anilines is 1. The fraction of sp³-hybridized carbons (Fsp3) is 0.278. The number of aryl methyl sites for hydroxylation is 2. The molecule has 1 amide bonds. The highest BCUT2D eigenvalue weighted by atomic mass is 32.2. The second-order valence-corrected chi connectivity index (χ2v) is 7.34. The Morgan fingerprint density at radius 2 is 1.88 bits per heavy atom. The van der Waals surface area contributed by atoms with Crippen LogP contribution < -0.4 is 14.8 Å². The second-order valence-electron chi connectivity index (χ2n) is 5.49. The molecule has 0 radical (unpaired) electrons. The van der Waals surface area contributed by atoms with Crippen LogP contribution in [0, 0.1) is 6.92 Å². The Labute approximate surface area is 148 Å². The summed E-state index contributed by atoms with van der Waals surface area (Å²) in [5.74, 6) is 0.310. The molecule has 7 heteroatoms. The predicted molar refractivity (Wildman–Crippen MR) is 97.4 cm³/mol. The van der Waals surface area contributed by atoms with Gasteiger partial charge in [-0.05, 0) is 49.7 Å². The van der Waals surface area contributed by atoms with E-state index in [4.69, 9.17) is 4.74 Å². The molecule has 0 bridgehead atoms. The first-order valence-corrected chi connectivity index (χ1v) is 9.40. The van der Waals surface area contributed by atoms with Crippen molar-refractivity contribution in [3.63, 3.8) is 0 Å². The molecular weight excluding hydrogens is 340 g/mol. The van der Waals surface area contributed by atoms with Gasteiger partial charge in [-0.25, -0.2) is 13.1 Å². The molecule has 0 spiro atoms. The summed E-state index contributed by atoms with van der Waals surface area (Å²) in [5, 5.41) is 2.66. The SMILES string of the molecule is CCc1ccccc1OCC(=O)Nc1ccc(C)c(S(=O)(=O)NC)c1. The summed E-state index contributed by atoms with van der Waals surface area (Å²) in [6.45, 7) is 3.55. The van der Waals surface area contributed by atoms with Crippen molar-refractivity contribution in [2.75, 3.05) is 19.0 Å². The summed E-state index contributed by atoms with van der Waals surface area (Å²) in [6, 6.07) is 12.3. The highest BCUT2D eigenvalue weighted by Gasteiger charge is 2.16. The third kappa shape index (κ3) is 4.80. The zero-order valence-electron chi connectivity index (χ0n) is 14.5. The normalized spacial score (nSPS) is 11.2. The summed E-state index contributed by atoms with van der Waals surface area (Å²) in [6.07, 6.45) is 0.807. The lowest BCUT2D eigenvalue weighted by molar-refractivity contribution is -0.118. The van der Waals surface area contributed by atoms with Gasteiger partial charge in [-0.3, -0.25) is 4.79 Å². The van der Waals surface area contributed by atoms with Gasteiger partial charge in [-0.2, -0.15) is 0 Å². The molecule has 2 rings (SSSR count). The highest BCUT2D eigenvalue weighted by molar-refractivity contribution is 7.89. The Bertz CT molecular complexity index is 863. The van der Waals surface area contributed by atoms with Crippen LogP contribution in [0.2, 0.25) is 0 Å². The zero-order chi connectivity index (χ0) is 18.4. The van der Waals surface area contributed by atoms with E-state index >= 15 is 0 Å². The van der Waals surface area contributed by atoms with Crippen LogP contribution in [0.25, 0.3) is 0 Å². The summed E-state index contributed by atoms with van der Waals surface area (Å²) >= 11 is 0. The fourth-order valence-corrected chi connectivity index (χ4v) is 3.35. The summed E-state index contributed by atoms with van der Waals surface area (Å²) in [4.78, 5) is 12.2. The summed E-state index contributed by atoms with van der Waals surface area (Å²) < 4.78 is 31.8. The van der Waals surface area contributed by atoms with Crippen LogP contribution in [-0.2, 0) is 21.2 Å². The van der Waals surface area contributed by atoms with Crippen molar-refractivity contribution in [2.24, 2.45) is 0 Å². The molecule has 0 saturated carbocycles. The maximum absolute atomic E-state index is 12.1. The number of para-hydroxylation sites is 1. The fourth-order valence-electron chi connectivity index (χ4n) is 2.35. The Morgan fingerprint density at radius 1 is 1.16 bits per heavy atom. The van der Waals surface area contributed by atoms with Crippen molar-refractivity contribution in [3.05, 3.63) is 53.6 Å². The topological polar surface area (TPSA) is 84.5 Å². The molecule has 134 valence electrons. The Kier molecular flexibility index (Phi) is 6.17. The molecule has 0 saturated heterocycles. The van der Waals surface area contributed by atoms with Crippen molar-refractivity contribution >= 4 is 21.6 Å². The van der Waals surface area contributed by atoms with Crippen molar-refractivity contribution in [1.29, 1.82) is 0 Å². The first-order valence-electron chi connectivity index (χ1n) is 7.92. The lowest BCUT2D eigenvalue weighted by Gasteiger charge is -2.12. The molecular formula is C18H22N2O4S. The van der Waals surface area contributed by atoms with Crippen LogP contribution in [0.3, 0.4) is 0 Å². The van der Waals surface area contributed by atoms with Crippen molar-refractivity contribution in [3.8, 4) is 5.75 Å². The average Bonchev–Trinajstić information content (AvgIpc) is 2.61. The molecule has 0 aliphatic rings. The molecule has 25 heavy (non-hydrogen) atoms. The molecule has 2 aromatic rings. The van der Waals surface area contributed by atoms with Crippen LogP contribution in [-0.4, -0.2) is 28.0 Å². The molecule has 0 aliphatic carbocycles. The third-order valence-corrected chi connectivity index (χ3v) is 5.30. The largest absolute Gasteiger partial charge is 0.483 e. The van der Waals surface area contributed by atoms with Crippen LogP contribution >= 0.6 is 0 Å². The number of benzene rings is 2. The van der Waals surface area contributed by atoms with Gasteiger partial charge < -0.3 is 10.1 Å². The van der Waals surface area contributed by atoms with Gasteiger partial charge in [0.2, 0.25) is 10.0 Å². The Morgan fingerprint density at radius 3 is 2.56 bits per heavy atom. The number of nitrogens with one attached hydrogen (secondary N) is 2. The number of hydrogen-bond acceptors (Lipinski definition) is 4. The molecule has 0 aromatic heterocycles. The molecule has 0 heterocycles. The minimum atomic E-state index is -3.58. The number of carbonyl (C=O) groups excluding carboxylic acids is 1. The minimum absolute atomic E-state index is 0.130. The van der Waals surface area contributed by atoms with E-state index in [1.54, 1.807) is 19.1 Å². The highest BCUT2D eigenvalue weighted by Crippen LogP contribution is 2.21. The van der Waals surface area contributed by atoms with Crippen LogP contribution in [0.4, 0.5) is 5.69 Å². The first-order chi connectivity index (χ1) is 11.9. The summed E-state index contributed by atoms with van der Waals surface area (Å²) in [5.41, 5.74) is 2.02.